The van der Waals surface area contributed by atoms with Crippen LogP contribution in [0.25, 0.3) is 0 Å². The zero-order valence-corrected chi connectivity index (χ0v) is 12.8. The van der Waals surface area contributed by atoms with Crippen LogP contribution in [0.2, 0.25) is 0 Å². The number of nitrogens with one attached hydrogen (secondary N) is 1. The number of carbonyl (C=O) groups excluding carboxylic acids is 1. The number of hydrogen-bond donors (Lipinski definition) is 1. The molecule has 0 heterocycles. The van der Waals surface area contributed by atoms with Gasteiger partial charge in [-0.1, -0.05) is 55.1 Å². The van der Waals surface area contributed by atoms with Gasteiger partial charge < -0.3 is 5.32 Å². The fourth-order valence-corrected chi connectivity index (χ4v) is 2.31. The molecular weight excluding hydrogens is 290 g/mol. The van der Waals surface area contributed by atoms with Gasteiger partial charge in [-0.15, -0.1) is 0 Å². The number of unbranched alkanes of at least 4 members (excludes halogenated alkanes) is 1. The smallest absolute Gasteiger partial charge is 0.251 e. The number of benzene rings is 1. The standard InChI is InChI=1S/C15H22BrNO/c1-3-5-7-12(4-2)11-17-15(18)13-8-6-9-14(16)10-13/h6,8-10,12H,3-5,7,11H2,1-2H3,(H,17,18). The molecule has 1 N–H and O–H groups in total. The highest BCUT2D eigenvalue weighted by molar-refractivity contribution is 9.10. The van der Waals surface area contributed by atoms with Crippen molar-refractivity contribution in [2.24, 2.45) is 5.92 Å². The van der Waals surface area contributed by atoms with Crippen molar-refractivity contribution in [3.8, 4) is 0 Å². The Hall–Kier alpha value is -0.830. The lowest BCUT2D eigenvalue weighted by molar-refractivity contribution is 0.0946. The largest absolute Gasteiger partial charge is 0.352 e. The molecule has 0 saturated carbocycles. The molecule has 0 aliphatic heterocycles. The highest BCUT2D eigenvalue weighted by atomic mass is 79.9. The summed E-state index contributed by atoms with van der Waals surface area (Å²) in [5, 5.41) is 3.03. The number of rotatable bonds is 7. The predicted molar refractivity (Wildman–Crippen MR) is 79.8 cm³/mol. The van der Waals surface area contributed by atoms with Crippen LogP contribution in [0.3, 0.4) is 0 Å². The van der Waals surface area contributed by atoms with Crippen LogP contribution < -0.4 is 5.32 Å². The van der Waals surface area contributed by atoms with Gasteiger partial charge in [0, 0.05) is 16.6 Å². The molecule has 1 amide bonds. The van der Waals surface area contributed by atoms with Crippen LogP contribution in [-0.4, -0.2) is 12.5 Å². The number of hydrogen-bond acceptors (Lipinski definition) is 1. The first-order valence-electron chi connectivity index (χ1n) is 6.71. The first-order chi connectivity index (χ1) is 8.67. The SMILES string of the molecule is CCCCC(CC)CNC(=O)c1cccc(Br)c1. The lowest BCUT2D eigenvalue weighted by atomic mass is 9.99. The molecular formula is C15H22BrNO. The Labute approximate surface area is 118 Å². The predicted octanol–water partition coefficient (Wildman–Crippen LogP) is 4.40. The Morgan fingerprint density at radius 1 is 1.39 bits per heavy atom. The molecule has 0 bridgehead atoms. The summed E-state index contributed by atoms with van der Waals surface area (Å²) < 4.78 is 0.938. The van der Waals surface area contributed by atoms with E-state index >= 15 is 0 Å². The molecule has 1 atom stereocenters. The van der Waals surface area contributed by atoms with Gasteiger partial charge in [-0.3, -0.25) is 4.79 Å². The second-order valence-electron chi connectivity index (χ2n) is 4.64. The van der Waals surface area contributed by atoms with E-state index in [0.29, 0.717) is 5.92 Å². The van der Waals surface area contributed by atoms with E-state index in [1.807, 2.05) is 24.3 Å². The van der Waals surface area contributed by atoms with E-state index in [4.69, 9.17) is 0 Å². The lowest BCUT2D eigenvalue weighted by Crippen LogP contribution is -2.29. The van der Waals surface area contributed by atoms with Crippen LogP contribution in [0.15, 0.2) is 28.7 Å². The molecule has 1 unspecified atom stereocenters. The molecule has 1 aromatic rings. The monoisotopic (exact) mass is 311 g/mol. The van der Waals surface area contributed by atoms with Gasteiger partial charge in [-0.25, -0.2) is 0 Å². The Kier molecular flexibility index (Phi) is 7.02. The molecule has 0 aliphatic carbocycles. The highest BCUT2D eigenvalue weighted by Gasteiger charge is 2.09. The average Bonchev–Trinajstić information content (AvgIpc) is 2.38. The average molecular weight is 312 g/mol. The Balaban J connectivity index is 2.44. The molecule has 0 aromatic heterocycles. The van der Waals surface area contributed by atoms with Gasteiger partial charge in [0.15, 0.2) is 0 Å². The second-order valence-corrected chi connectivity index (χ2v) is 5.55. The van der Waals surface area contributed by atoms with E-state index in [0.717, 1.165) is 23.0 Å². The van der Waals surface area contributed by atoms with Gasteiger partial charge in [0.05, 0.1) is 0 Å². The van der Waals surface area contributed by atoms with Crippen LogP contribution in [0.5, 0.6) is 0 Å². The summed E-state index contributed by atoms with van der Waals surface area (Å²) >= 11 is 3.38. The Bertz CT molecular complexity index is 379. The zero-order valence-electron chi connectivity index (χ0n) is 11.2. The summed E-state index contributed by atoms with van der Waals surface area (Å²) in [5.74, 6) is 0.618. The molecule has 3 heteroatoms. The first kappa shape index (κ1) is 15.2. The van der Waals surface area contributed by atoms with Crippen molar-refractivity contribution in [3.63, 3.8) is 0 Å². The molecule has 0 fully saturated rings. The van der Waals surface area contributed by atoms with Crippen molar-refractivity contribution >= 4 is 21.8 Å². The van der Waals surface area contributed by atoms with E-state index in [2.05, 4.69) is 35.1 Å². The van der Waals surface area contributed by atoms with Crippen molar-refractivity contribution in [2.75, 3.05) is 6.54 Å². The second kappa shape index (κ2) is 8.30. The molecule has 0 radical (unpaired) electrons. The van der Waals surface area contributed by atoms with E-state index in [9.17, 15) is 4.79 Å². The molecule has 0 aliphatic rings. The van der Waals surface area contributed by atoms with Crippen molar-refractivity contribution in [2.45, 2.75) is 39.5 Å². The van der Waals surface area contributed by atoms with Gasteiger partial charge in [-0.2, -0.15) is 0 Å². The lowest BCUT2D eigenvalue weighted by Gasteiger charge is -2.15. The number of carbonyl (C=O) groups is 1. The van der Waals surface area contributed by atoms with E-state index in [-0.39, 0.29) is 5.91 Å². The Morgan fingerprint density at radius 3 is 2.78 bits per heavy atom. The molecule has 0 saturated heterocycles. The van der Waals surface area contributed by atoms with E-state index < -0.39 is 0 Å². The van der Waals surface area contributed by atoms with Gasteiger partial charge in [0.1, 0.15) is 0 Å². The number of amides is 1. The van der Waals surface area contributed by atoms with Crippen LogP contribution in [0.4, 0.5) is 0 Å². The summed E-state index contributed by atoms with van der Waals surface area (Å²) in [6, 6.07) is 7.50. The summed E-state index contributed by atoms with van der Waals surface area (Å²) in [7, 11) is 0. The van der Waals surface area contributed by atoms with Crippen LogP contribution in [0, 0.1) is 5.92 Å². The van der Waals surface area contributed by atoms with Crippen LogP contribution in [0.1, 0.15) is 49.9 Å². The normalized spacial score (nSPS) is 12.2. The molecule has 1 rings (SSSR count). The van der Waals surface area contributed by atoms with Crippen LogP contribution in [-0.2, 0) is 0 Å². The maximum atomic E-state index is 12.0. The molecule has 18 heavy (non-hydrogen) atoms. The van der Waals surface area contributed by atoms with Crippen molar-refractivity contribution in [3.05, 3.63) is 34.3 Å². The van der Waals surface area contributed by atoms with Crippen molar-refractivity contribution in [1.29, 1.82) is 0 Å². The van der Waals surface area contributed by atoms with E-state index in [1.54, 1.807) is 0 Å². The van der Waals surface area contributed by atoms with Crippen LogP contribution >= 0.6 is 15.9 Å². The van der Waals surface area contributed by atoms with Gasteiger partial charge >= 0.3 is 0 Å². The highest BCUT2D eigenvalue weighted by Crippen LogP contribution is 2.13. The third kappa shape index (κ3) is 5.21. The molecule has 2 nitrogen and oxygen atoms in total. The summed E-state index contributed by atoms with van der Waals surface area (Å²) in [6.07, 6.45) is 4.78. The number of halogens is 1. The maximum absolute atomic E-state index is 12.0. The van der Waals surface area contributed by atoms with E-state index in [1.165, 1.54) is 19.3 Å². The minimum Gasteiger partial charge on any atom is -0.352 e. The summed E-state index contributed by atoms with van der Waals surface area (Å²) in [5.41, 5.74) is 0.717. The molecule has 1 aromatic carbocycles. The molecule has 0 spiro atoms. The summed E-state index contributed by atoms with van der Waals surface area (Å²) in [6.45, 7) is 5.17. The van der Waals surface area contributed by atoms with Gasteiger partial charge in [0.25, 0.3) is 5.91 Å². The van der Waals surface area contributed by atoms with Crippen molar-refractivity contribution < 1.29 is 4.79 Å². The summed E-state index contributed by atoms with van der Waals surface area (Å²) in [4.78, 5) is 12.0. The fourth-order valence-electron chi connectivity index (χ4n) is 1.91. The van der Waals surface area contributed by atoms with Crippen molar-refractivity contribution in [1.82, 2.24) is 5.32 Å². The maximum Gasteiger partial charge on any atom is 0.251 e. The van der Waals surface area contributed by atoms with Gasteiger partial charge in [0.2, 0.25) is 0 Å². The fraction of sp³-hybridized carbons (Fsp3) is 0.533. The third-order valence-corrected chi connectivity index (χ3v) is 3.67. The topological polar surface area (TPSA) is 29.1 Å². The third-order valence-electron chi connectivity index (χ3n) is 3.18. The first-order valence-corrected chi connectivity index (χ1v) is 7.50. The quantitative estimate of drug-likeness (QED) is 0.794. The zero-order chi connectivity index (χ0) is 13.4. The molecule has 100 valence electrons. The van der Waals surface area contributed by atoms with Gasteiger partial charge in [-0.05, 0) is 30.5 Å². The minimum absolute atomic E-state index is 0.0197. The Morgan fingerprint density at radius 2 is 2.17 bits per heavy atom. The minimum atomic E-state index is 0.0197.